The van der Waals surface area contributed by atoms with Crippen LogP contribution in [0.4, 0.5) is 0 Å². The molecule has 3 rings (SSSR count). The van der Waals surface area contributed by atoms with E-state index in [1.54, 1.807) is 12.1 Å². The number of rotatable bonds is 4. The van der Waals surface area contributed by atoms with E-state index in [2.05, 4.69) is 27.7 Å². The van der Waals surface area contributed by atoms with Gasteiger partial charge in [0.05, 0.1) is 0 Å². The van der Waals surface area contributed by atoms with Crippen LogP contribution in [-0.4, -0.2) is 17.7 Å². The monoisotopic (exact) mass is 414 g/mol. The molecule has 2 fully saturated rings. The SMILES string of the molecule is CC(=O)Oc1ccc(OC(C)=O)c(C[C@]2(C)[C@@H](C)CC[C@]3(C)C(C)C(=O)CC[C@@H]23)c1. The average Bonchev–Trinajstić information content (AvgIpc) is 2.64. The highest BCUT2D eigenvalue weighted by Gasteiger charge is 2.57. The smallest absolute Gasteiger partial charge is 0.308 e. The summed E-state index contributed by atoms with van der Waals surface area (Å²) in [5, 5.41) is 0. The van der Waals surface area contributed by atoms with E-state index >= 15 is 0 Å². The Labute approximate surface area is 179 Å². The van der Waals surface area contributed by atoms with Crippen molar-refractivity contribution in [1.29, 1.82) is 0 Å². The molecule has 1 unspecified atom stereocenters. The molecule has 1 aromatic carbocycles. The molecule has 0 amide bonds. The molecule has 0 bridgehead atoms. The number of carbonyl (C=O) groups is 3. The quantitative estimate of drug-likeness (QED) is 0.504. The van der Waals surface area contributed by atoms with E-state index in [4.69, 9.17) is 9.47 Å². The number of ether oxygens (including phenoxy) is 2. The van der Waals surface area contributed by atoms with Crippen molar-refractivity contribution in [3.63, 3.8) is 0 Å². The van der Waals surface area contributed by atoms with Crippen molar-refractivity contribution in [3.8, 4) is 11.5 Å². The Morgan fingerprint density at radius 2 is 1.73 bits per heavy atom. The van der Waals surface area contributed by atoms with E-state index < -0.39 is 0 Å². The fraction of sp³-hybridized carbons (Fsp3) is 0.640. The highest BCUT2D eigenvalue weighted by atomic mass is 16.5. The van der Waals surface area contributed by atoms with Gasteiger partial charge in [0.15, 0.2) is 0 Å². The zero-order chi connectivity index (χ0) is 22.3. The van der Waals surface area contributed by atoms with E-state index in [0.29, 0.717) is 42.0 Å². The number of carbonyl (C=O) groups excluding carboxylic acids is 3. The molecule has 5 atom stereocenters. The van der Waals surface area contributed by atoms with Gasteiger partial charge in [0, 0.05) is 26.2 Å². The van der Waals surface area contributed by atoms with E-state index in [1.807, 2.05) is 6.07 Å². The summed E-state index contributed by atoms with van der Waals surface area (Å²) in [5.74, 6) is 1.49. The first-order chi connectivity index (χ1) is 14.0. The zero-order valence-electron chi connectivity index (χ0n) is 19.0. The van der Waals surface area contributed by atoms with Crippen molar-refractivity contribution < 1.29 is 23.9 Å². The van der Waals surface area contributed by atoms with Gasteiger partial charge in [-0.15, -0.1) is 0 Å². The van der Waals surface area contributed by atoms with Crippen LogP contribution in [0.15, 0.2) is 18.2 Å². The summed E-state index contributed by atoms with van der Waals surface area (Å²) in [6, 6.07) is 5.18. The predicted octanol–water partition coefficient (Wildman–Crippen LogP) is 5.14. The van der Waals surface area contributed by atoms with Crippen LogP contribution in [0.2, 0.25) is 0 Å². The lowest BCUT2D eigenvalue weighted by atomic mass is 9.44. The summed E-state index contributed by atoms with van der Waals surface area (Å²) < 4.78 is 10.8. The molecule has 0 radical (unpaired) electrons. The van der Waals surface area contributed by atoms with Crippen LogP contribution >= 0.6 is 0 Å². The summed E-state index contributed by atoms with van der Waals surface area (Å²) in [7, 11) is 0. The third kappa shape index (κ3) is 4.03. The Hall–Kier alpha value is -2.17. The molecule has 0 saturated heterocycles. The van der Waals surface area contributed by atoms with Crippen LogP contribution in [0, 0.1) is 28.6 Å². The lowest BCUT2D eigenvalue weighted by Crippen LogP contribution is -2.55. The molecule has 5 nitrogen and oxygen atoms in total. The highest BCUT2D eigenvalue weighted by Crippen LogP contribution is 2.62. The second-order valence-electron chi connectivity index (χ2n) is 9.86. The standard InChI is InChI=1S/C25H34O5/c1-15-11-12-24(5)16(2)21(28)8-10-23(24)25(15,6)14-19-13-20(29-17(3)26)7-9-22(19)30-18(4)27/h7,9,13,15-16,23H,8,10-12,14H2,1-6H3/t15-,16?,23+,24+,25+/m0/s1. The summed E-state index contributed by atoms with van der Waals surface area (Å²) in [6.45, 7) is 11.7. The van der Waals surface area contributed by atoms with Gasteiger partial charge < -0.3 is 9.47 Å². The Morgan fingerprint density at radius 3 is 2.37 bits per heavy atom. The first kappa shape index (κ1) is 22.5. The van der Waals surface area contributed by atoms with Gasteiger partial charge in [0.2, 0.25) is 0 Å². The number of Topliss-reactive ketones (excluding diaryl/α,β-unsaturated/α-hetero) is 1. The average molecular weight is 415 g/mol. The van der Waals surface area contributed by atoms with E-state index in [0.717, 1.165) is 24.8 Å². The molecule has 0 spiro atoms. The van der Waals surface area contributed by atoms with Gasteiger partial charge in [-0.2, -0.15) is 0 Å². The maximum atomic E-state index is 12.5. The summed E-state index contributed by atoms with van der Waals surface area (Å²) in [6.07, 6.45) is 4.35. The molecule has 1 aromatic rings. The minimum Gasteiger partial charge on any atom is -0.427 e. The van der Waals surface area contributed by atoms with E-state index in [9.17, 15) is 14.4 Å². The third-order valence-corrected chi connectivity index (χ3v) is 8.10. The second-order valence-corrected chi connectivity index (χ2v) is 9.86. The maximum absolute atomic E-state index is 12.5. The number of fused-ring (bicyclic) bond motifs is 1. The molecule has 0 aromatic heterocycles. The lowest BCUT2D eigenvalue weighted by molar-refractivity contribution is -0.147. The Balaban J connectivity index is 2.02. The fourth-order valence-electron chi connectivity index (χ4n) is 6.06. The van der Waals surface area contributed by atoms with Gasteiger partial charge in [-0.3, -0.25) is 14.4 Å². The lowest BCUT2D eigenvalue weighted by Gasteiger charge is -2.59. The normalized spacial score (nSPS) is 33.5. The minimum absolute atomic E-state index is 0.0221. The summed E-state index contributed by atoms with van der Waals surface area (Å²) in [5.41, 5.74) is 0.782. The van der Waals surface area contributed by atoms with Crippen LogP contribution in [0.5, 0.6) is 11.5 Å². The van der Waals surface area contributed by atoms with Crippen LogP contribution in [-0.2, 0) is 20.8 Å². The predicted molar refractivity (Wildman–Crippen MR) is 114 cm³/mol. The van der Waals surface area contributed by atoms with Crippen molar-refractivity contribution in [2.24, 2.45) is 28.6 Å². The van der Waals surface area contributed by atoms with Crippen molar-refractivity contribution in [2.45, 2.75) is 73.6 Å². The molecule has 30 heavy (non-hydrogen) atoms. The van der Waals surface area contributed by atoms with Gasteiger partial charge in [-0.1, -0.05) is 27.7 Å². The molecule has 164 valence electrons. The highest BCUT2D eigenvalue weighted by molar-refractivity contribution is 5.82. The summed E-state index contributed by atoms with van der Waals surface area (Å²) >= 11 is 0. The number of esters is 2. The minimum atomic E-state index is -0.384. The Morgan fingerprint density at radius 1 is 1.07 bits per heavy atom. The molecule has 0 aliphatic heterocycles. The molecule has 2 aliphatic carbocycles. The van der Waals surface area contributed by atoms with Gasteiger partial charge >= 0.3 is 11.9 Å². The molecule has 0 heterocycles. The van der Waals surface area contributed by atoms with Crippen molar-refractivity contribution in [3.05, 3.63) is 23.8 Å². The number of hydrogen-bond donors (Lipinski definition) is 0. The molecule has 0 N–H and O–H groups in total. The number of benzene rings is 1. The van der Waals surface area contributed by atoms with Crippen molar-refractivity contribution in [1.82, 2.24) is 0 Å². The number of hydrogen-bond acceptors (Lipinski definition) is 5. The van der Waals surface area contributed by atoms with E-state index in [1.165, 1.54) is 13.8 Å². The largest absolute Gasteiger partial charge is 0.427 e. The molecular formula is C25H34O5. The number of ketones is 1. The van der Waals surface area contributed by atoms with Crippen molar-refractivity contribution >= 4 is 17.7 Å². The maximum Gasteiger partial charge on any atom is 0.308 e. The van der Waals surface area contributed by atoms with Gasteiger partial charge in [-0.25, -0.2) is 0 Å². The van der Waals surface area contributed by atoms with Crippen LogP contribution in [0.25, 0.3) is 0 Å². The fourth-order valence-corrected chi connectivity index (χ4v) is 6.06. The van der Waals surface area contributed by atoms with E-state index in [-0.39, 0.29) is 28.7 Å². The first-order valence-electron chi connectivity index (χ1n) is 11.0. The Bertz CT molecular complexity index is 859. The van der Waals surface area contributed by atoms with Gasteiger partial charge in [-0.05, 0) is 72.1 Å². The second kappa shape index (κ2) is 8.16. The molecular weight excluding hydrogens is 380 g/mol. The van der Waals surface area contributed by atoms with Crippen LogP contribution < -0.4 is 9.47 Å². The third-order valence-electron chi connectivity index (χ3n) is 8.10. The van der Waals surface area contributed by atoms with Crippen LogP contribution in [0.1, 0.15) is 72.8 Å². The first-order valence-corrected chi connectivity index (χ1v) is 11.0. The van der Waals surface area contributed by atoms with Crippen LogP contribution in [0.3, 0.4) is 0 Å². The summed E-state index contributed by atoms with van der Waals surface area (Å²) in [4.78, 5) is 35.6. The topological polar surface area (TPSA) is 69.7 Å². The zero-order valence-corrected chi connectivity index (χ0v) is 19.0. The molecule has 2 saturated carbocycles. The van der Waals surface area contributed by atoms with Gasteiger partial charge in [0.1, 0.15) is 17.3 Å². The molecule has 2 aliphatic rings. The Kier molecular flexibility index (Phi) is 6.13. The molecule has 5 heteroatoms. The van der Waals surface area contributed by atoms with Gasteiger partial charge in [0.25, 0.3) is 0 Å². The van der Waals surface area contributed by atoms with Crippen molar-refractivity contribution in [2.75, 3.05) is 0 Å².